The van der Waals surface area contributed by atoms with Crippen LogP contribution in [0.3, 0.4) is 0 Å². The molecule has 26 heavy (non-hydrogen) atoms. The molecule has 6 nitrogen and oxygen atoms in total. The van der Waals surface area contributed by atoms with Gasteiger partial charge in [0.15, 0.2) is 16.6 Å². The highest BCUT2D eigenvalue weighted by Gasteiger charge is 2.16. The van der Waals surface area contributed by atoms with E-state index in [0.29, 0.717) is 0 Å². The Morgan fingerprint density at radius 1 is 1.08 bits per heavy atom. The molecule has 0 bridgehead atoms. The van der Waals surface area contributed by atoms with Gasteiger partial charge in [-0.2, -0.15) is 0 Å². The number of nitrogens with zero attached hydrogens (tertiary/aromatic N) is 3. The Bertz CT molecular complexity index is 1130. The van der Waals surface area contributed by atoms with Crippen LogP contribution in [-0.2, 0) is 0 Å². The average molecular weight is 364 g/mol. The highest BCUT2D eigenvalue weighted by molar-refractivity contribution is 7.14. The molecule has 3 aromatic heterocycles. The first kappa shape index (κ1) is 15.2. The van der Waals surface area contributed by atoms with Crippen LogP contribution >= 0.6 is 11.3 Å². The largest absolute Gasteiger partial charge is 0.454 e. The van der Waals surface area contributed by atoms with Crippen LogP contribution in [0.1, 0.15) is 11.3 Å². The molecule has 7 heteroatoms. The first-order chi connectivity index (χ1) is 12.7. The fraction of sp³-hybridized carbons (Fsp3) is 0.158. The summed E-state index contributed by atoms with van der Waals surface area (Å²) in [4.78, 5) is 9.40. The number of nitrogens with one attached hydrogen (secondary N) is 1. The molecule has 1 aliphatic rings. The third kappa shape index (κ3) is 2.48. The van der Waals surface area contributed by atoms with Gasteiger partial charge in [0.1, 0.15) is 11.3 Å². The molecule has 0 unspecified atom stereocenters. The Morgan fingerprint density at radius 3 is 2.88 bits per heavy atom. The summed E-state index contributed by atoms with van der Waals surface area (Å²) in [6.45, 7) is 4.36. The van der Waals surface area contributed by atoms with Crippen molar-refractivity contribution in [2.75, 3.05) is 12.1 Å². The van der Waals surface area contributed by atoms with Crippen molar-refractivity contribution < 1.29 is 9.47 Å². The van der Waals surface area contributed by atoms with Gasteiger partial charge in [-0.05, 0) is 37.6 Å². The van der Waals surface area contributed by atoms with E-state index in [0.717, 1.165) is 45.0 Å². The molecule has 1 aliphatic heterocycles. The van der Waals surface area contributed by atoms with Crippen LogP contribution in [0.2, 0.25) is 0 Å². The zero-order chi connectivity index (χ0) is 17.7. The van der Waals surface area contributed by atoms with Crippen LogP contribution in [0.5, 0.6) is 11.5 Å². The molecule has 4 aromatic rings. The Balaban J connectivity index is 1.49. The SMILES string of the molecule is Cc1ccc2nc(C)c(-c3csc(Nc4ccc5c(c4)OCO5)n3)n2c1. The van der Waals surface area contributed by atoms with E-state index < -0.39 is 0 Å². The summed E-state index contributed by atoms with van der Waals surface area (Å²) in [5, 5.41) is 6.21. The lowest BCUT2D eigenvalue weighted by molar-refractivity contribution is 0.174. The van der Waals surface area contributed by atoms with Gasteiger partial charge < -0.3 is 14.8 Å². The lowest BCUT2D eigenvalue weighted by atomic mass is 10.2. The number of ether oxygens (including phenoxy) is 2. The molecular formula is C19H16N4O2S. The molecule has 0 fully saturated rings. The highest BCUT2D eigenvalue weighted by Crippen LogP contribution is 2.36. The third-order valence-electron chi connectivity index (χ3n) is 4.31. The molecule has 0 saturated heterocycles. The first-order valence-electron chi connectivity index (χ1n) is 8.25. The molecule has 0 amide bonds. The zero-order valence-electron chi connectivity index (χ0n) is 14.3. The number of hydrogen-bond acceptors (Lipinski definition) is 6. The number of imidazole rings is 1. The molecule has 0 spiro atoms. The Hall–Kier alpha value is -3.06. The number of pyridine rings is 1. The Labute approximate surface area is 154 Å². The van der Waals surface area contributed by atoms with Gasteiger partial charge in [-0.1, -0.05) is 6.07 Å². The monoisotopic (exact) mass is 364 g/mol. The lowest BCUT2D eigenvalue weighted by Crippen LogP contribution is -1.93. The highest BCUT2D eigenvalue weighted by atomic mass is 32.1. The zero-order valence-corrected chi connectivity index (χ0v) is 15.1. The number of hydrogen-bond donors (Lipinski definition) is 1. The minimum Gasteiger partial charge on any atom is -0.454 e. The predicted molar refractivity (Wildman–Crippen MR) is 102 cm³/mol. The van der Waals surface area contributed by atoms with Gasteiger partial charge in [0.05, 0.1) is 11.4 Å². The van der Waals surface area contributed by atoms with Crippen molar-refractivity contribution in [3.63, 3.8) is 0 Å². The predicted octanol–water partition coefficient (Wildman–Crippen LogP) is 4.55. The molecule has 0 atom stereocenters. The van der Waals surface area contributed by atoms with Crippen molar-refractivity contribution in [3.8, 4) is 22.9 Å². The summed E-state index contributed by atoms with van der Waals surface area (Å²) < 4.78 is 12.9. The lowest BCUT2D eigenvalue weighted by Gasteiger charge is -2.04. The Morgan fingerprint density at radius 2 is 1.96 bits per heavy atom. The fourth-order valence-electron chi connectivity index (χ4n) is 3.11. The average Bonchev–Trinajstić information content (AvgIpc) is 3.32. The summed E-state index contributed by atoms with van der Waals surface area (Å²) >= 11 is 1.56. The van der Waals surface area contributed by atoms with Crippen molar-refractivity contribution >= 4 is 27.8 Å². The molecule has 0 saturated carbocycles. The summed E-state index contributed by atoms with van der Waals surface area (Å²) in [5.74, 6) is 1.52. The van der Waals surface area contributed by atoms with E-state index in [-0.39, 0.29) is 6.79 Å². The number of aromatic nitrogens is 3. The molecule has 0 aliphatic carbocycles. The van der Waals surface area contributed by atoms with Crippen LogP contribution in [0.4, 0.5) is 10.8 Å². The summed E-state index contributed by atoms with van der Waals surface area (Å²) in [5.41, 5.74) is 5.94. The van der Waals surface area contributed by atoms with Gasteiger partial charge in [-0.3, -0.25) is 4.40 Å². The van der Waals surface area contributed by atoms with E-state index >= 15 is 0 Å². The topological polar surface area (TPSA) is 60.7 Å². The smallest absolute Gasteiger partial charge is 0.231 e. The second-order valence-electron chi connectivity index (χ2n) is 6.21. The van der Waals surface area contributed by atoms with Crippen molar-refractivity contribution in [2.45, 2.75) is 13.8 Å². The second kappa shape index (κ2) is 5.74. The van der Waals surface area contributed by atoms with E-state index in [9.17, 15) is 0 Å². The summed E-state index contributed by atoms with van der Waals surface area (Å²) in [7, 11) is 0. The standard InChI is InChI=1S/C19H16N4O2S/c1-11-3-6-17-20-12(2)18(23(17)8-11)14-9-26-19(22-14)21-13-4-5-15-16(7-13)25-10-24-15/h3-9H,10H2,1-2H3,(H,21,22). The maximum atomic E-state index is 5.43. The van der Waals surface area contributed by atoms with Crippen LogP contribution in [0.25, 0.3) is 17.0 Å². The van der Waals surface area contributed by atoms with Crippen molar-refractivity contribution in [1.29, 1.82) is 0 Å². The fourth-order valence-corrected chi connectivity index (χ4v) is 3.83. The molecular weight excluding hydrogens is 348 g/mol. The molecule has 0 radical (unpaired) electrons. The maximum Gasteiger partial charge on any atom is 0.231 e. The third-order valence-corrected chi connectivity index (χ3v) is 5.07. The second-order valence-corrected chi connectivity index (χ2v) is 7.07. The maximum absolute atomic E-state index is 5.43. The van der Waals surface area contributed by atoms with Crippen LogP contribution in [-0.4, -0.2) is 21.2 Å². The van der Waals surface area contributed by atoms with Gasteiger partial charge in [-0.25, -0.2) is 9.97 Å². The minimum atomic E-state index is 0.271. The van der Waals surface area contributed by atoms with E-state index in [1.54, 1.807) is 11.3 Å². The van der Waals surface area contributed by atoms with Crippen LogP contribution in [0.15, 0.2) is 41.9 Å². The number of aryl methyl sites for hydroxylation is 2. The van der Waals surface area contributed by atoms with Gasteiger partial charge in [-0.15, -0.1) is 11.3 Å². The number of anilines is 2. The van der Waals surface area contributed by atoms with E-state index in [1.807, 2.05) is 36.6 Å². The summed E-state index contributed by atoms with van der Waals surface area (Å²) in [6.07, 6.45) is 2.09. The number of thiazole rings is 1. The molecule has 1 aromatic carbocycles. The van der Waals surface area contributed by atoms with Crippen molar-refractivity contribution in [3.05, 3.63) is 53.2 Å². The van der Waals surface area contributed by atoms with Crippen molar-refractivity contribution in [2.24, 2.45) is 0 Å². The van der Waals surface area contributed by atoms with Gasteiger partial charge in [0.25, 0.3) is 0 Å². The molecule has 130 valence electrons. The number of rotatable bonds is 3. The van der Waals surface area contributed by atoms with Crippen molar-refractivity contribution in [1.82, 2.24) is 14.4 Å². The minimum absolute atomic E-state index is 0.271. The van der Waals surface area contributed by atoms with Crippen LogP contribution in [0, 0.1) is 13.8 Å². The quantitative estimate of drug-likeness (QED) is 0.578. The summed E-state index contributed by atoms with van der Waals surface area (Å²) in [6, 6.07) is 9.88. The van der Waals surface area contributed by atoms with Gasteiger partial charge in [0, 0.05) is 23.3 Å². The Kier molecular flexibility index (Phi) is 3.36. The number of benzene rings is 1. The van der Waals surface area contributed by atoms with Gasteiger partial charge in [0.2, 0.25) is 6.79 Å². The molecule has 4 heterocycles. The van der Waals surface area contributed by atoms with E-state index in [1.165, 1.54) is 5.56 Å². The molecule has 5 rings (SSSR count). The van der Waals surface area contributed by atoms with E-state index in [4.69, 9.17) is 14.5 Å². The van der Waals surface area contributed by atoms with Gasteiger partial charge >= 0.3 is 0 Å². The van der Waals surface area contributed by atoms with E-state index in [2.05, 4.69) is 33.9 Å². The molecule has 1 N–H and O–H groups in total. The normalized spacial score (nSPS) is 12.7. The first-order valence-corrected chi connectivity index (χ1v) is 9.13. The van der Waals surface area contributed by atoms with Crippen LogP contribution < -0.4 is 14.8 Å². The number of fused-ring (bicyclic) bond motifs is 2.